The number of aryl methyl sites for hydroxylation is 1. The van der Waals surface area contributed by atoms with Crippen LogP contribution in [0.1, 0.15) is 25.3 Å². The van der Waals surface area contributed by atoms with E-state index in [1.165, 1.54) is 18.4 Å². The van der Waals surface area contributed by atoms with Gasteiger partial charge in [0.25, 0.3) is 0 Å². The highest BCUT2D eigenvalue weighted by atomic mass is 79.9. The molecular formula is C13H19BrOS. The summed E-state index contributed by atoms with van der Waals surface area (Å²) >= 11 is 7.83. The minimum Gasteiger partial charge on any atom is -0.493 e. The second-order valence-electron chi connectivity index (χ2n) is 4.06. The molecule has 3 heteroatoms. The smallest absolute Gasteiger partial charge is 0.119 e. The van der Waals surface area contributed by atoms with E-state index in [9.17, 15) is 0 Å². The molecule has 0 amide bonds. The molecule has 0 saturated carbocycles. The highest BCUT2D eigenvalue weighted by Gasteiger charge is 2.07. The van der Waals surface area contributed by atoms with Gasteiger partial charge < -0.3 is 4.74 Å². The number of thiol groups is 1. The van der Waals surface area contributed by atoms with Gasteiger partial charge in [-0.3, -0.25) is 0 Å². The second kappa shape index (κ2) is 7.23. The first kappa shape index (κ1) is 13.9. The van der Waals surface area contributed by atoms with Gasteiger partial charge in [0, 0.05) is 10.4 Å². The zero-order valence-electron chi connectivity index (χ0n) is 9.87. The average Bonchev–Trinajstić information content (AvgIpc) is 2.28. The molecule has 16 heavy (non-hydrogen) atoms. The van der Waals surface area contributed by atoms with E-state index in [2.05, 4.69) is 48.5 Å². The van der Waals surface area contributed by atoms with E-state index in [0.717, 1.165) is 22.6 Å². The Labute approximate surface area is 112 Å². The van der Waals surface area contributed by atoms with Crippen LogP contribution in [-0.4, -0.2) is 12.4 Å². The summed E-state index contributed by atoms with van der Waals surface area (Å²) in [4.78, 5) is 0. The van der Waals surface area contributed by atoms with E-state index in [0.29, 0.717) is 5.92 Å². The van der Waals surface area contributed by atoms with E-state index >= 15 is 0 Å². The first-order valence-electron chi connectivity index (χ1n) is 5.67. The predicted molar refractivity (Wildman–Crippen MR) is 76.6 cm³/mol. The molecule has 1 aromatic carbocycles. The van der Waals surface area contributed by atoms with Crippen LogP contribution in [-0.2, 0) is 0 Å². The number of benzene rings is 1. The molecule has 0 aromatic heterocycles. The van der Waals surface area contributed by atoms with Crippen LogP contribution in [0.25, 0.3) is 0 Å². The van der Waals surface area contributed by atoms with Gasteiger partial charge >= 0.3 is 0 Å². The largest absolute Gasteiger partial charge is 0.493 e. The van der Waals surface area contributed by atoms with Crippen molar-refractivity contribution in [1.29, 1.82) is 0 Å². The van der Waals surface area contributed by atoms with Crippen LogP contribution in [0.2, 0.25) is 0 Å². The maximum atomic E-state index is 5.78. The molecule has 0 N–H and O–H groups in total. The molecule has 1 aromatic rings. The molecule has 0 radical (unpaired) electrons. The Morgan fingerprint density at radius 1 is 1.44 bits per heavy atom. The fourth-order valence-electron chi connectivity index (χ4n) is 1.56. The van der Waals surface area contributed by atoms with Crippen LogP contribution < -0.4 is 4.74 Å². The van der Waals surface area contributed by atoms with E-state index in [1.54, 1.807) is 0 Å². The Bertz CT molecular complexity index is 328. The summed E-state index contributed by atoms with van der Waals surface area (Å²) in [6, 6.07) is 6.09. The molecule has 0 saturated heterocycles. The topological polar surface area (TPSA) is 9.23 Å². The van der Waals surface area contributed by atoms with E-state index in [1.807, 2.05) is 12.1 Å². The molecule has 0 aliphatic heterocycles. The van der Waals surface area contributed by atoms with Gasteiger partial charge in [-0.2, -0.15) is 12.6 Å². The summed E-state index contributed by atoms with van der Waals surface area (Å²) in [5, 5.41) is 0. The molecule has 1 atom stereocenters. The lowest BCUT2D eigenvalue weighted by atomic mass is 10.1. The monoisotopic (exact) mass is 302 g/mol. The van der Waals surface area contributed by atoms with Crippen molar-refractivity contribution in [3.63, 3.8) is 0 Å². The minimum atomic E-state index is 0.553. The van der Waals surface area contributed by atoms with Crippen molar-refractivity contribution in [2.24, 2.45) is 5.92 Å². The molecule has 0 fully saturated rings. The van der Waals surface area contributed by atoms with Gasteiger partial charge in [-0.05, 0) is 42.9 Å². The number of rotatable bonds is 6. The fraction of sp³-hybridized carbons (Fsp3) is 0.538. The van der Waals surface area contributed by atoms with Crippen LogP contribution in [0.5, 0.6) is 5.75 Å². The van der Waals surface area contributed by atoms with E-state index < -0.39 is 0 Å². The van der Waals surface area contributed by atoms with Gasteiger partial charge in [0.1, 0.15) is 5.75 Å². The molecule has 1 nitrogen and oxygen atoms in total. The van der Waals surface area contributed by atoms with Gasteiger partial charge in [-0.1, -0.05) is 29.3 Å². The third kappa shape index (κ3) is 4.38. The van der Waals surface area contributed by atoms with Crippen molar-refractivity contribution < 1.29 is 4.74 Å². The zero-order valence-corrected chi connectivity index (χ0v) is 12.4. The molecular weight excluding hydrogens is 284 g/mol. The molecule has 0 heterocycles. The Morgan fingerprint density at radius 2 is 2.19 bits per heavy atom. The lowest BCUT2D eigenvalue weighted by molar-refractivity contribution is 0.254. The van der Waals surface area contributed by atoms with Gasteiger partial charge in [0.05, 0.1) is 6.61 Å². The molecule has 0 aliphatic rings. The lowest BCUT2D eigenvalue weighted by Crippen LogP contribution is -2.13. The van der Waals surface area contributed by atoms with Gasteiger partial charge in [0.15, 0.2) is 0 Å². The van der Waals surface area contributed by atoms with Crippen LogP contribution in [0.4, 0.5) is 0 Å². The Kier molecular flexibility index (Phi) is 6.29. The number of hydrogen-bond donors (Lipinski definition) is 1. The fourth-order valence-corrected chi connectivity index (χ4v) is 2.09. The maximum absolute atomic E-state index is 5.78. The molecule has 1 rings (SSSR count). The van der Waals surface area contributed by atoms with Crippen molar-refractivity contribution in [2.45, 2.75) is 26.7 Å². The third-order valence-electron chi connectivity index (χ3n) is 2.57. The van der Waals surface area contributed by atoms with Crippen molar-refractivity contribution >= 4 is 28.6 Å². The maximum Gasteiger partial charge on any atom is 0.119 e. The summed E-state index contributed by atoms with van der Waals surface area (Å²) in [6.07, 6.45) is 2.37. The summed E-state index contributed by atoms with van der Waals surface area (Å²) < 4.78 is 6.90. The standard InChI is InChI=1S/C13H19BrOS/c1-3-4-11(9-16)8-15-12-5-6-13(14)10(2)7-12/h5-7,11,16H,3-4,8-9H2,1-2H3. The van der Waals surface area contributed by atoms with E-state index in [-0.39, 0.29) is 0 Å². The van der Waals surface area contributed by atoms with Crippen LogP contribution in [0.15, 0.2) is 22.7 Å². The Balaban J connectivity index is 2.50. The normalized spacial score (nSPS) is 12.5. The van der Waals surface area contributed by atoms with E-state index in [4.69, 9.17) is 4.74 Å². The molecule has 1 unspecified atom stereocenters. The van der Waals surface area contributed by atoms with Crippen LogP contribution in [0, 0.1) is 12.8 Å². The Morgan fingerprint density at radius 3 is 2.75 bits per heavy atom. The SMILES string of the molecule is CCCC(CS)COc1ccc(Br)c(C)c1. The van der Waals surface area contributed by atoms with Gasteiger partial charge in [-0.15, -0.1) is 0 Å². The lowest BCUT2D eigenvalue weighted by Gasteiger charge is -2.15. The predicted octanol–water partition coefficient (Wildman–Crippen LogP) is 4.48. The summed E-state index contributed by atoms with van der Waals surface area (Å²) in [5.41, 5.74) is 1.20. The van der Waals surface area contributed by atoms with Crippen molar-refractivity contribution in [3.8, 4) is 5.75 Å². The highest BCUT2D eigenvalue weighted by Crippen LogP contribution is 2.22. The third-order valence-corrected chi connectivity index (χ3v) is 3.98. The van der Waals surface area contributed by atoms with Crippen molar-refractivity contribution in [1.82, 2.24) is 0 Å². The summed E-state index contributed by atoms with van der Waals surface area (Å²) in [7, 11) is 0. The first-order chi connectivity index (χ1) is 7.67. The van der Waals surface area contributed by atoms with Crippen molar-refractivity contribution in [2.75, 3.05) is 12.4 Å². The molecule has 0 spiro atoms. The summed E-state index contributed by atoms with van der Waals surface area (Å²) in [5.74, 6) is 2.39. The zero-order chi connectivity index (χ0) is 12.0. The highest BCUT2D eigenvalue weighted by molar-refractivity contribution is 9.10. The van der Waals surface area contributed by atoms with Gasteiger partial charge in [-0.25, -0.2) is 0 Å². The molecule has 0 aliphatic carbocycles. The van der Waals surface area contributed by atoms with Crippen LogP contribution >= 0.6 is 28.6 Å². The van der Waals surface area contributed by atoms with Crippen LogP contribution in [0.3, 0.4) is 0 Å². The first-order valence-corrected chi connectivity index (χ1v) is 7.09. The van der Waals surface area contributed by atoms with Crippen molar-refractivity contribution in [3.05, 3.63) is 28.2 Å². The summed E-state index contributed by atoms with van der Waals surface area (Å²) in [6.45, 7) is 5.03. The Hall–Kier alpha value is -0.150. The second-order valence-corrected chi connectivity index (χ2v) is 5.28. The van der Waals surface area contributed by atoms with Gasteiger partial charge in [0.2, 0.25) is 0 Å². The number of halogens is 1. The average molecular weight is 303 g/mol. The molecule has 0 bridgehead atoms. The number of ether oxygens (including phenoxy) is 1. The number of hydrogen-bond acceptors (Lipinski definition) is 2. The quantitative estimate of drug-likeness (QED) is 0.762. The molecule has 90 valence electrons. The minimum absolute atomic E-state index is 0.553.